The number of rotatable bonds is 7. The van der Waals surface area contributed by atoms with E-state index in [1.54, 1.807) is 11.9 Å². The van der Waals surface area contributed by atoms with Crippen molar-refractivity contribution in [2.24, 2.45) is 0 Å². The van der Waals surface area contributed by atoms with Gasteiger partial charge in [0.25, 0.3) is 5.69 Å². The van der Waals surface area contributed by atoms with Gasteiger partial charge in [-0.3, -0.25) is 10.1 Å². The molecular weight excluding hydrogens is 394 g/mol. The monoisotopic (exact) mass is 419 g/mol. The van der Waals surface area contributed by atoms with Crippen molar-refractivity contribution in [1.82, 2.24) is 4.31 Å². The summed E-state index contributed by atoms with van der Waals surface area (Å²) in [5.74, 6) is 0. The zero-order valence-corrected chi connectivity index (χ0v) is 17.4. The van der Waals surface area contributed by atoms with E-state index in [0.717, 1.165) is 18.1 Å². The summed E-state index contributed by atoms with van der Waals surface area (Å²) in [7, 11) is -2.04. The molecule has 0 N–H and O–H groups in total. The smallest absolute Gasteiger partial charge is 0.293 e. The molecule has 156 valence electrons. The maximum absolute atomic E-state index is 12.8. The second-order valence-corrected chi connectivity index (χ2v) is 8.89. The number of aryl methyl sites for hydroxylation is 1. The second kappa shape index (κ2) is 8.89. The highest BCUT2D eigenvalue weighted by molar-refractivity contribution is 7.89. The normalized spacial score (nSPS) is 15.2. The molecule has 1 heterocycles. The van der Waals surface area contributed by atoms with E-state index < -0.39 is 14.9 Å². The lowest BCUT2D eigenvalue weighted by Crippen LogP contribution is -2.40. The summed E-state index contributed by atoms with van der Waals surface area (Å²) in [6, 6.07) is 12.2. The number of hydrogen-bond acceptors (Lipinski definition) is 6. The Hall–Kier alpha value is -2.49. The van der Waals surface area contributed by atoms with Crippen molar-refractivity contribution in [2.75, 3.05) is 38.3 Å². The maximum atomic E-state index is 12.8. The first-order chi connectivity index (χ1) is 13.8. The highest BCUT2D eigenvalue weighted by atomic mass is 32.2. The lowest BCUT2D eigenvalue weighted by Gasteiger charge is -2.26. The van der Waals surface area contributed by atoms with Gasteiger partial charge in [-0.25, -0.2) is 8.42 Å². The van der Waals surface area contributed by atoms with Crippen LogP contribution in [0.3, 0.4) is 0 Å². The third-order valence-corrected chi connectivity index (χ3v) is 6.91. The molecule has 3 rings (SSSR count). The summed E-state index contributed by atoms with van der Waals surface area (Å²) >= 11 is 0. The summed E-state index contributed by atoms with van der Waals surface area (Å²) in [6.45, 7) is 3.67. The van der Waals surface area contributed by atoms with Crippen LogP contribution in [0.5, 0.6) is 0 Å². The van der Waals surface area contributed by atoms with Gasteiger partial charge in [-0.2, -0.15) is 4.31 Å². The zero-order chi connectivity index (χ0) is 21.0. The second-order valence-electron chi connectivity index (χ2n) is 6.95. The van der Waals surface area contributed by atoms with Crippen molar-refractivity contribution in [3.63, 3.8) is 0 Å². The lowest BCUT2D eigenvalue weighted by molar-refractivity contribution is -0.384. The highest BCUT2D eigenvalue weighted by Crippen LogP contribution is 2.32. The summed E-state index contributed by atoms with van der Waals surface area (Å²) in [4.78, 5) is 12.8. The number of morpholine rings is 1. The van der Waals surface area contributed by atoms with Gasteiger partial charge >= 0.3 is 0 Å². The molecule has 0 unspecified atom stereocenters. The van der Waals surface area contributed by atoms with Crippen LogP contribution < -0.4 is 4.90 Å². The first-order valence-corrected chi connectivity index (χ1v) is 10.9. The summed E-state index contributed by atoms with van der Waals surface area (Å²) in [5, 5.41) is 11.7. The largest absolute Gasteiger partial charge is 0.379 e. The zero-order valence-electron chi connectivity index (χ0n) is 16.6. The molecule has 1 saturated heterocycles. The van der Waals surface area contributed by atoms with Crippen LogP contribution in [0.4, 0.5) is 11.4 Å². The van der Waals surface area contributed by atoms with E-state index in [0.29, 0.717) is 25.4 Å². The molecule has 0 aliphatic carbocycles. The van der Waals surface area contributed by atoms with Gasteiger partial charge in [0.05, 0.1) is 23.0 Å². The van der Waals surface area contributed by atoms with Crippen LogP contribution in [-0.4, -0.2) is 51.0 Å². The Morgan fingerprint density at radius 3 is 2.31 bits per heavy atom. The molecule has 0 atom stereocenters. The number of nitro groups is 1. The minimum atomic E-state index is -3.80. The minimum absolute atomic E-state index is 0.0736. The van der Waals surface area contributed by atoms with Crippen LogP contribution in [0, 0.1) is 10.1 Å². The van der Waals surface area contributed by atoms with E-state index in [1.807, 2.05) is 24.3 Å². The lowest BCUT2D eigenvalue weighted by atomic mass is 10.1. The predicted octanol–water partition coefficient (Wildman–Crippen LogP) is 2.81. The molecular formula is C20H25N3O5S. The summed E-state index contributed by atoms with van der Waals surface area (Å²) in [6.07, 6.45) is 0.945. The van der Waals surface area contributed by atoms with Gasteiger partial charge in [-0.05, 0) is 29.7 Å². The number of hydrogen-bond donors (Lipinski definition) is 0. The fourth-order valence-electron chi connectivity index (χ4n) is 3.31. The van der Waals surface area contributed by atoms with Crippen molar-refractivity contribution in [3.05, 3.63) is 63.7 Å². The Morgan fingerprint density at radius 1 is 1.10 bits per heavy atom. The van der Waals surface area contributed by atoms with Gasteiger partial charge in [-0.1, -0.05) is 31.2 Å². The molecule has 0 saturated carbocycles. The molecule has 2 aromatic rings. The van der Waals surface area contributed by atoms with Gasteiger partial charge in [0.15, 0.2) is 0 Å². The van der Waals surface area contributed by atoms with Crippen molar-refractivity contribution in [2.45, 2.75) is 24.8 Å². The third-order valence-electron chi connectivity index (χ3n) is 5.01. The van der Waals surface area contributed by atoms with Gasteiger partial charge in [0.1, 0.15) is 5.69 Å². The molecule has 0 amide bonds. The number of benzene rings is 2. The molecule has 2 aromatic carbocycles. The van der Waals surface area contributed by atoms with E-state index in [4.69, 9.17) is 4.74 Å². The van der Waals surface area contributed by atoms with Gasteiger partial charge in [0, 0.05) is 32.7 Å². The number of nitrogens with zero attached hydrogens (tertiary/aromatic N) is 3. The number of anilines is 1. The van der Waals surface area contributed by atoms with E-state index in [-0.39, 0.29) is 23.7 Å². The van der Waals surface area contributed by atoms with Crippen molar-refractivity contribution in [1.29, 1.82) is 0 Å². The highest BCUT2D eigenvalue weighted by Gasteiger charge is 2.29. The van der Waals surface area contributed by atoms with Crippen LogP contribution in [-0.2, 0) is 27.7 Å². The van der Waals surface area contributed by atoms with Crippen LogP contribution in [0.2, 0.25) is 0 Å². The van der Waals surface area contributed by atoms with Gasteiger partial charge < -0.3 is 9.64 Å². The Morgan fingerprint density at radius 2 is 1.72 bits per heavy atom. The molecule has 0 bridgehead atoms. The van der Waals surface area contributed by atoms with Crippen LogP contribution in [0.1, 0.15) is 18.1 Å². The molecule has 1 aliphatic heterocycles. The molecule has 8 nitrogen and oxygen atoms in total. The Kier molecular flexibility index (Phi) is 6.51. The quantitative estimate of drug-likeness (QED) is 0.506. The van der Waals surface area contributed by atoms with E-state index >= 15 is 0 Å². The van der Waals surface area contributed by atoms with E-state index in [2.05, 4.69) is 6.92 Å². The van der Waals surface area contributed by atoms with Crippen LogP contribution >= 0.6 is 0 Å². The Labute approximate surface area is 170 Å². The molecule has 0 spiro atoms. The average molecular weight is 420 g/mol. The predicted molar refractivity (Wildman–Crippen MR) is 111 cm³/mol. The minimum Gasteiger partial charge on any atom is -0.379 e. The number of sulfonamides is 1. The SMILES string of the molecule is CCc1ccc(CN(C)c2ccc(S(=O)(=O)N3CCOCC3)cc2[N+](=O)[O-])cc1. The Bertz CT molecular complexity index is 970. The Balaban J connectivity index is 1.88. The standard InChI is InChI=1S/C20H25N3O5S/c1-3-16-4-6-17(7-5-16)15-21(2)19-9-8-18(14-20(19)23(24)25)29(26,27)22-10-12-28-13-11-22/h4-9,14H,3,10-13,15H2,1-2H3. The maximum Gasteiger partial charge on any atom is 0.293 e. The fraction of sp³-hybridized carbons (Fsp3) is 0.400. The molecule has 0 radical (unpaired) electrons. The van der Waals surface area contributed by atoms with Gasteiger partial charge in [-0.15, -0.1) is 0 Å². The van der Waals surface area contributed by atoms with Crippen molar-refractivity contribution >= 4 is 21.4 Å². The fourth-order valence-corrected chi connectivity index (χ4v) is 4.74. The first kappa shape index (κ1) is 21.2. The molecule has 9 heteroatoms. The number of ether oxygens (including phenoxy) is 1. The van der Waals surface area contributed by atoms with E-state index in [9.17, 15) is 18.5 Å². The molecule has 0 aromatic heterocycles. The van der Waals surface area contributed by atoms with Crippen molar-refractivity contribution in [3.8, 4) is 0 Å². The molecule has 1 aliphatic rings. The first-order valence-electron chi connectivity index (χ1n) is 9.48. The topological polar surface area (TPSA) is 93.0 Å². The average Bonchev–Trinajstić information content (AvgIpc) is 2.74. The molecule has 1 fully saturated rings. The van der Waals surface area contributed by atoms with Crippen LogP contribution in [0.25, 0.3) is 0 Å². The van der Waals surface area contributed by atoms with Crippen molar-refractivity contribution < 1.29 is 18.1 Å². The van der Waals surface area contributed by atoms with Crippen LogP contribution in [0.15, 0.2) is 47.4 Å². The van der Waals surface area contributed by atoms with E-state index in [1.165, 1.54) is 22.0 Å². The summed E-state index contributed by atoms with van der Waals surface area (Å²) in [5.41, 5.74) is 2.38. The third kappa shape index (κ3) is 4.75. The summed E-state index contributed by atoms with van der Waals surface area (Å²) < 4.78 is 32.2. The van der Waals surface area contributed by atoms with Gasteiger partial charge in [0.2, 0.25) is 10.0 Å². The number of nitro benzene ring substituents is 1. The molecule has 29 heavy (non-hydrogen) atoms.